The summed E-state index contributed by atoms with van der Waals surface area (Å²) in [5.74, 6) is 6.53. The van der Waals surface area contributed by atoms with Gasteiger partial charge >= 0.3 is 0 Å². The summed E-state index contributed by atoms with van der Waals surface area (Å²) < 4.78 is 6.94. The van der Waals surface area contributed by atoms with Gasteiger partial charge in [0, 0.05) is 38.0 Å². The van der Waals surface area contributed by atoms with Gasteiger partial charge in [0.25, 0.3) is 5.91 Å². The minimum Gasteiger partial charge on any atom is -0.496 e. The monoisotopic (exact) mass is 388 g/mol. The molecule has 0 fully saturated rings. The van der Waals surface area contributed by atoms with E-state index in [4.69, 9.17) is 4.74 Å². The van der Waals surface area contributed by atoms with Crippen molar-refractivity contribution in [3.8, 4) is 28.8 Å². The number of ether oxygens (including phenoxy) is 1. The molecule has 29 heavy (non-hydrogen) atoms. The van der Waals surface area contributed by atoms with Gasteiger partial charge in [0.2, 0.25) is 0 Å². The van der Waals surface area contributed by atoms with Gasteiger partial charge in [-0.15, -0.1) is 0 Å². The number of carbonyl (C=O) groups is 1. The van der Waals surface area contributed by atoms with Crippen LogP contribution in [0.1, 0.15) is 16.1 Å². The summed E-state index contributed by atoms with van der Waals surface area (Å²) in [6.07, 6.45) is 0. The normalized spacial score (nSPS) is 10.1. The van der Waals surface area contributed by atoms with Gasteiger partial charge in [0.1, 0.15) is 11.4 Å². The van der Waals surface area contributed by atoms with E-state index in [0.29, 0.717) is 17.1 Å². The van der Waals surface area contributed by atoms with E-state index in [0.717, 1.165) is 16.8 Å². The van der Waals surface area contributed by atoms with Gasteiger partial charge in [0.15, 0.2) is 0 Å². The Morgan fingerprint density at radius 3 is 2.59 bits per heavy atom. The van der Waals surface area contributed by atoms with Crippen LogP contribution in [0.25, 0.3) is 11.3 Å². The topological polar surface area (TPSA) is 59.4 Å². The van der Waals surface area contributed by atoms with Crippen LogP contribution in [0.15, 0.2) is 54.6 Å². The summed E-state index contributed by atoms with van der Waals surface area (Å²) in [5, 5.41) is 7.26. The fourth-order valence-corrected chi connectivity index (χ4v) is 2.87. The quantitative estimate of drug-likeness (QED) is 0.683. The lowest BCUT2D eigenvalue weighted by molar-refractivity contribution is 0.0949. The number of methoxy groups -OCH3 is 1. The highest BCUT2D eigenvalue weighted by atomic mass is 16.5. The van der Waals surface area contributed by atoms with Crippen molar-refractivity contribution in [3.05, 3.63) is 65.9 Å². The number of aromatic nitrogens is 2. The van der Waals surface area contributed by atoms with Gasteiger partial charge in [-0.2, -0.15) is 5.10 Å². The second-order valence-electron chi connectivity index (χ2n) is 6.66. The van der Waals surface area contributed by atoms with Crippen LogP contribution in [-0.4, -0.2) is 43.4 Å². The Morgan fingerprint density at radius 2 is 1.90 bits per heavy atom. The molecule has 0 radical (unpaired) electrons. The lowest BCUT2D eigenvalue weighted by Gasteiger charge is -2.11. The third-order valence-corrected chi connectivity index (χ3v) is 4.45. The van der Waals surface area contributed by atoms with Crippen LogP contribution in [0, 0.1) is 11.8 Å². The molecule has 0 aliphatic carbocycles. The summed E-state index contributed by atoms with van der Waals surface area (Å²) in [6.45, 7) is 0.253. The Kier molecular flexibility index (Phi) is 6.20. The van der Waals surface area contributed by atoms with Crippen LogP contribution >= 0.6 is 0 Å². The highest BCUT2D eigenvalue weighted by Crippen LogP contribution is 2.28. The summed E-state index contributed by atoms with van der Waals surface area (Å²) in [6, 6.07) is 17.3. The molecule has 1 N–H and O–H groups in total. The highest BCUT2D eigenvalue weighted by Gasteiger charge is 2.15. The van der Waals surface area contributed by atoms with Gasteiger partial charge in [0.05, 0.1) is 19.3 Å². The molecule has 0 saturated heterocycles. The first-order valence-electron chi connectivity index (χ1n) is 9.21. The molecular formula is C23H24N4O2. The predicted octanol–water partition coefficient (Wildman–Crippen LogP) is 2.94. The van der Waals surface area contributed by atoms with Gasteiger partial charge in [-0.3, -0.25) is 9.48 Å². The molecule has 2 aromatic carbocycles. The van der Waals surface area contributed by atoms with Crippen LogP contribution in [0.5, 0.6) is 5.75 Å². The smallest absolute Gasteiger partial charge is 0.270 e. The average molecular weight is 388 g/mol. The molecule has 3 rings (SSSR count). The van der Waals surface area contributed by atoms with Crippen LogP contribution in [0.2, 0.25) is 0 Å². The van der Waals surface area contributed by atoms with E-state index in [9.17, 15) is 4.79 Å². The molecule has 0 atom stereocenters. The van der Waals surface area contributed by atoms with E-state index >= 15 is 0 Å². The van der Waals surface area contributed by atoms with Crippen LogP contribution in [0.4, 0.5) is 5.69 Å². The molecular weight excluding hydrogens is 364 g/mol. The number of para-hydroxylation sites is 1. The molecule has 3 aromatic rings. The summed E-state index contributed by atoms with van der Waals surface area (Å²) in [5.41, 5.74) is 4.01. The van der Waals surface area contributed by atoms with Crippen molar-refractivity contribution in [2.45, 2.75) is 0 Å². The van der Waals surface area contributed by atoms with E-state index in [1.165, 1.54) is 0 Å². The van der Waals surface area contributed by atoms with Crippen molar-refractivity contribution >= 4 is 11.6 Å². The number of anilines is 1. The lowest BCUT2D eigenvalue weighted by Crippen LogP contribution is -2.25. The maximum absolute atomic E-state index is 12.5. The third kappa shape index (κ3) is 4.77. The number of amides is 1. The van der Waals surface area contributed by atoms with Gasteiger partial charge < -0.3 is 15.0 Å². The molecule has 0 bridgehead atoms. The standard InChI is InChI=1S/C23H24N4O2/c1-26(2)18-13-11-17(12-14-18)8-7-15-24-23(28)21-16-20(25-27(21)3)19-9-5-6-10-22(19)29-4/h5-6,9-14,16H,15H2,1-4H3,(H,24,28). The fraction of sp³-hybridized carbons (Fsp3) is 0.217. The van der Waals surface area contributed by atoms with Crippen molar-refractivity contribution in [2.24, 2.45) is 7.05 Å². The zero-order valence-electron chi connectivity index (χ0n) is 17.1. The Bertz CT molecular complexity index is 1060. The molecule has 1 amide bonds. The zero-order valence-corrected chi connectivity index (χ0v) is 17.1. The maximum atomic E-state index is 12.5. The van der Waals surface area contributed by atoms with E-state index in [-0.39, 0.29) is 12.5 Å². The molecule has 0 unspecified atom stereocenters. The molecule has 0 aliphatic heterocycles. The summed E-state index contributed by atoms with van der Waals surface area (Å²) >= 11 is 0. The molecule has 0 saturated carbocycles. The van der Waals surface area contributed by atoms with E-state index in [2.05, 4.69) is 22.3 Å². The SMILES string of the molecule is COc1ccccc1-c1cc(C(=O)NCC#Cc2ccc(N(C)C)cc2)n(C)n1. The highest BCUT2D eigenvalue weighted by molar-refractivity contribution is 5.94. The molecule has 0 aliphatic rings. The Balaban J connectivity index is 1.65. The molecule has 148 valence electrons. The number of aryl methyl sites for hydroxylation is 1. The second kappa shape index (κ2) is 8.98. The van der Waals surface area contributed by atoms with E-state index < -0.39 is 0 Å². The number of hydrogen-bond donors (Lipinski definition) is 1. The van der Waals surface area contributed by atoms with Crippen molar-refractivity contribution in [1.29, 1.82) is 0 Å². The minimum atomic E-state index is -0.224. The first-order chi connectivity index (χ1) is 14.0. The number of nitrogens with one attached hydrogen (secondary N) is 1. The van der Waals surface area contributed by atoms with Crippen molar-refractivity contribution in [3.63, 3.8) is 0 Å². The Labute approximate surface area is 171 Å². The fourth-order valence-electron chi connectivity index (χ4n) is 2.87. The molecule has 1 aromatic heterocycles. The number of rotatable bonds is 5. The van der Waals surface area contributed by atoms with E-state index in [1.54, 1.807) is 24.9 Å². The molecule has 1 heterocycles. The largest absolute Gasteiger partial charge is 0.496 e. The lowest BCUT2D eigenvalue weighted by atomic mass is 10.1. The van der Waals surface area contributed by atoms with Gasteiger partial charge in [-0.25, -0.2) is 0 Å². The number of hydrogen-bond acceptors (Lipinski definition) is 4. The van der Waals surface area contributed by atoms with Gasteiger partial charge in [-0.1, -0.05) is 24.0 Å². The maximum Gasteiger partial charge on any atom is 0.270 e. The minimum absolute atomic E-state index is 0.224. The van der Waals surface area contributed by atoms with Crippen molar-refractivity contribution < 1.29 is 9.53 Å². The molecule has 6 nitrogen and oxygen atoms in total. The summed E-state index contributed by atoms with van der Waals surface area (Å²) in [4.78, 5) is 14.6. The Hall–Kier alpha value is -3.72. The zero-order chi connectivity index (χ0) is 20.8. The van der Waals surface area contributed by atoms with E-state index in [1.807, 2.05) is 67.5 Å². The number of benzene rings is 2. The third-order valence-electron chi connectivity index (χ3n) is 4.45. The van der Waals surface area contributed by atoms with Crippen LogP contribution < -0.4 is 15.0 Å². The second-order valence-corrected chi connectivity index (χ2v) is 6.66. The van der Waals surface area contributed by atoms with Crippen molar-refractivity contribution in [2.75, 3.05) is 32.6 Å². The molecule has 0 spiro atoms. The Morgan fingerprint density at radius 1 is 1.17 bits per heavy atom. The average Bonchev–Trinajstić information content (AvgIpc) is 3.13. The summed E-state index contributed by atoms with van der Waals surface area (Å²) in [7, 11) is 7.34. The number of nitrogens with zero attached hydrogens (tertiary/aromatic N) is 3. The molecule has 6 heteroatoms. The van der Waals surface area contributed by atoms with Crippen LogP contribution in [0.3, 0.4) is 0 Å². The predicted molar refractivity (Wildman–Crippen MR) is 115 cm³/mol. The van der Waals surface area contributed by atoms with Crippen LogP contribution in [-0.2, 0) is 7.05 Å². The first-order valence-corrected chi connectivity index (χ1v) is 9.21. The van der Waals surface area contributed by atoms with Crippen molar-refractivity contribution in [1.82, 2.24) is 15.1 Å². The van der Waals surface area contributed by atoms with Gasteiger partial charge in [-0.05, 0) is 42.5 Å². The first kappa shape index (κ1) is 20.0. The number of carbonyl (C=O) groups excluding carboxylic acids is 1.